The lowest BCUT2D eigenvalue weighted by Gasteiger charge is -2.30. The fraction of sp³-hybridized carbons (Fsp3) is 0.471. The third-order valence-electron chi connectivity index (χ3n) is 4.05. The van der Waals surface area contributed by atoms with Crippen molar-refractivity contribution in [2.24, 2.45) is 5.92 Å². The van der Waals surface area contributed by atoms with Crippen LogP contribution in [-0.2, 0) is 16.1 Å². The van der Waals surface area contributed by atoms with Crippen molar-refractivity contribution >= 4 is 17.6 Å². The molecule has 1 aliphatic rings. The molecule has 1 saturated heterocycles. The summed E-state index contributed by atoms with van der Waals surface area (Å²) in [4.78, 5) is 18.5. The summed E-state index contributed by atoms with van der Waals surface area (Å²) >= 11 is 5.89. The Morgan fingerprint density at radius 1 is 1.42 bits per heavy atom. The third kappa shape index (κ3) is 4.13. The van der Waals surface area contributed by atoms with Crippen molar-refractivity contribution in [3.63, 3.8) is 0 Å². The Bertz CT molecular complexity index is 687. The van der Waals surface area contributed by atoms with Crippen LogP contribution in [0.5, 0.6) is 0 Å². The lowest BCUT2D eigenvalue weighted by molar-refractivity contribution is -0.150. The highest BCUT2D eigenvalue weighted by Crippen LogP contribution is 2.22. The summed E-state index contributed by atoms with van der Waals surface area (Å²) in [7, 11) is 0. The molecule has 3 rings (SSSR count). The van der Waals surface area contributed by atoms with Crippen molar-refractivity contribution in [1.29, 1.82) is 0 Å². The first-order valence-corrected chi connectivity index (χ1v) is 8.51. The molecule has 24 heavy (non-hydrogen) atoms. The SMILES string of the molecule is CCOC(=O)[C@@H]1CCCN(Cc2nc(-c3ccc(Cl)cc3)no2)C1. The van der Waals surface area contributed by atoms with E-state index in [9.17, 15) is 4.79 Å². The van der Waals surface area contributed by atoms with Crippen LogP contribution in [0, 0.1) is 5.92 Å². The molecule has 0 unspecified atom stereocenters. The van der Waals surface area contributed by atoms with Gasteiger partial charge >= 0.3 is 5.97 Å². The van der Waals surface area contributed by atoms with Gasteiger partial charge in [-0.1, -0.05) is 16.8 Å². The van der Waals surface area contributed by atoms with Crippen LogP contribution in [0.15, 0.2) is 28.8 Å². The first-order valence-electron chi connectivity index (χ1n) is 8.13. The van der Waals surface area contributed by atoms with Crippen molar-refractivity contribution in [1.82, 2.24) is 15.0 Å². The minimum atomic E-state index is -0.116. The van der Waals surface area contributed by atoms with E-state index in [1.54, 1.807) is 12.1 Å². The largest absolute Gasteiger partial charge is 0.466 e. The number of nitrogens with zero attached hydrogens (tertiary/aromatic N) is 3. The first kappa shape index (κ1) is 16.9. The second kappa shape index (κ2) is 7.77. The molecule has 0 radical (unpaired) electrons. The van der Waals surface area contributed by atoms with Crippen LogP contribution in [0.4, 0.5) is 0 Å². The number of carbonyl (C=O) groups is 1. The number of rotatable bonds is 5. The number of hydrogen-bond acceptors (Lipinski definition) is 6. The molecule has 1 aromatic carbocycles. The molecule has 1 aromatic heterocycles. The Morgan fingerprint density at radius 3 is 2.96 bits per heavy atom. The maximum Gasteiger partial charge on any atom is 0.310 e. The number of likely N-dealkylation sites (tertiary alicyclic amines) is 1. The van der Waals surface area contributed by atoms with Crippen molar-refractivity contribution in [3.05, 3.63) is 35.2 Å². The molecule has 0 bridgehead atoms. The van der Waals surface area contributed by atoms with Crippen LogP contribution in [0.25, 0.3) is 11.4 Å². The number of aromatic nitrogens is 2. The van der Waals surface area contributed by atoms with Gasteiger partial charge in [0.15, 0.2) is 0 Å². The van der Waals surface area contributed by atoms with Gasteiger partial charge in [0.25, 0.3) is 0 Å². The van der Waals surface area contributed by atoms with Crippen LogP contribution in [0.2, 0.25) is 5.02 Å². The number of carbonyl (C=O) groups excluding carboxylic acids is 1. The van der Waals surface area contributed by atoms with Gasteiger partial charge in [-0.3, -0.25) is 9.69 Å². The molecule has 2 aromatic rings. The van der Waals surface area contributed by atoms with Gasteiger partial charge in [0.05, 0.1) is 19.1 Å². The predicted octanol–water partition coefficient (Wildman–Crippen LogP) is 3.17. The Balaban J connectivity index is 1.62. The molecule has 0 N–H and O–H groups in total. The topological polar surface area (TPSA) is 68.5 Å². The fourth-order valence-electron chi connectivity index (χ4n) is 2.88. The molecule has 0 amide bonds. The second-order valence-electron chi connectivity index (χ2n) is 5.84. The summed E-state index contributed by atoms with van der Waals surface area (Å²) in [5, 5.41) is 4.69. The van der Waals surface area contributed by atoms with Crippen molar-refractivity contribution in [2.45, 2.75) is 26.3 Å². The molecule has 2 heterocycles. The fourth-order valence-corrected chi connectivity index (χ4v) is 3.00. The van der Waals surface area contributed by atoms with E-state index in [1.807, 2.05) is 19.1 Å². The third-order valence-corrected chi connectivity index (χ3v) is 4.31. The van der Waals surface area contributed by atoms with Gasteiger partial charge in [-0.05, 0) is 50.6 Å². The van der Waals surface area contributed by atoms with Crippen LogP contribution in [0.1, 0.15) is 25.7 Å². The van der Waals surface area contributed by atoms with E-state index in [2.05, 4.69) is 15.0 Å². The number of piperidine rings is 1. The van der Waals surface area contributed by atoms with E-state index in [4.69, 9.17) is 20.9 Å². The van der Waals surface area contributed by atoms with Gasteiger partial charge in [0, 0.05) is 17.1 Å². The minimum Gasteiger partial charge on any atom is -0.466 e. The zero-order valence-electron chi connectivity index (χ0n) is 13.6. The zero-order valence-corrected chi connectivity index (χ0v) is 14.3. The first-order chi connectivity index (χ1) is 11.7. The lowest BCUT2D eigenvalue weighted by Crippen LogP contribution is -2.39. The van der Waals surface area contributed by atoms with Gasteiger partial charge < -0.3 is 9.26 Å². The Kier molecular flexibility index (Phi) is 5.48. The quantitative estimate of drug-likeness (QED) is 0.772. The van der Waals surface area contributed by atoms with E-state index in [0.717, 1.165) is 24.9 Å². The molecule has 1 atom stereocenters. The molecule has 128 valence electrons. The maximum atomic E-state index is 11.9. The van der Waals surface area contributed by atoms with Gasteiger partial charge in [0.1, 0.15) is 0 Å². The highest BCUT2D eigenvalue weighted by atomic mass is 35.5. The van der Waals surface area contributed by atoms with Gasteiger partial charge in [-0.2, -0.15) is 4.98 Å². The predicted molar refractivity (Wildman–Crippen MR) is 89.4 cm³/mol. The molecular formula is C17H20ClN3O3. The summed E-state index contributed by atoms with van der Waals surface area (Å²) in [6, 6.07) is 7.30. The maximum absolute atomic E-state index is 11.9. The zero-order chi connectivity index (χ0) is 16.9. The molecule has 1 fully saturated rings. The highest BCUT2D eigenvalue weighted by Gasteiger charge is 2.27. The van der Waals surface area contributed by atoms with E-state index in [-0.39, 0.29) is 11.9 Å². The summed E-state index contributed by atoms with van der Waals surface area (Å²) < 4.78 is 10.5. The molecule has 6 nitrogen and oxygen atoms in total. The van der Waals surface area contributed by atoms with Gasteiger partial charge in [-0.25, -0.2) is 0 Å². The number of ether oxygens (including phenoxy) is 1. The number of hydrogen-bond donors (Lipinski definition) is 0. The average Bonchev–Trinajstić information content (AvgIpc) is 3.04. The van der Waals surface area contributed by atoms with Gasteiger partial charge in [-0.15, -0.1) is 0 Å². The molecule has 1 aliphatic heterocycles. The second-order valence-corrected chi connectivity index (χ2v) is 6.28. The van der Waals surface area contributed by atoms with Crippen LogP contribution in [0.3, 0.4) is 0 Å². The number of esters is 1. The Morgan fingerprint density at radius 2 is 2.21 bits per heavy atom. The minimum absolute atomic E-state index is 0.0719. The standard InChI is InChI=1S/C17H20ClN3O3/c1-2-23-17(22)13-4-3-9-21(10-13)11-15-19-16(20-24-15)12-5-7-14(18)8-6-12/h5-8,13H,2-4,9-11H2,1H3/t13-/m1/s1. The van der Waals surface area contributed by atoms with E-state index >= 15 is 0 Å². The summed E-state index contributed by atoms with van der Waals surface area (Å²) in [5.41, 5.74) is 0.859. The summed E-state index contributed by atoms with van der Waals surface area (Å²) in [6.07, 6.45) is 1.83. The normalized spacial score (nSPS) is 18.5. The molecule has 0 saturated carbocycles. The van der Waals surface area contributed by atoms with Crippen molar-refractivity contribution in [3.8, 4) is 11.4 Å². The van der Waals surface area contributed by atoms with Crippen LogP contribution < -0.4 is 0 Å². The van der Waals surface area contributed by atoms with Gasteiger partial charge in [0.2, 0.25) is 11.7 Å². The summed E-state index contributed by atoms with van der Waals surface area (Å²) in [6.45, 7) is 4.36. The monoisotopic (exact) mass is 349 g/mol. The van der Waals surface area contributed by atoms with E-state index in [1.165, 1.54) is 0 Å². The summed E-state index contributed by atoms with van der Waals surface area (Å²) in [5.74, 6) is 0.900. The van der Waals surface area contributed by atoms with Crippen LogP contribution >= 0.6 is 11.6 Å². The van der Waals surface area contributed by atoms with E-state index in [0.29, 0.717) is 36.4 Å². The smallest absolute Gasteiger partial charge is 0.310 e. The molecule has 0 spiro atoms. The molecular weight excluding hydrogens is 330 g/mol. The van der Waals surface area contributed by atoms with E-state index < -0.39 is 0 Å². The van der Waals surface area contributed by atoms with Crippen molar-refractivity contribution in [2.75, 3.05) is 19.7 Å². The molecule has 0 aliphatic carbocycles. The van der Waals surface area contributed by atoms with Crippen LogP contribution in [-0.4, -0.2) is 40.7 Å². The Labute approximate surface area is 145 Å². The average molecular weight is 350 g/mol. The number of benzene rings is 1. The molecule has 7 heteroatoms. The Hall–Kier alpha value is -1.92. The highest BCUT2D eigenvalue weighted by molar-refractivity contribution is 6.30. The van der Waals surface area contributed by atoms with Crippen molar-refractivity contribution < 1.29 is 14.1 Å². The lowest BCUT2D eigenvalue weighted by atomic mass is 9.98. The number of halogens is 1.